The van der Waals surface area contributed by atoms with Gasteiger partial charge in [-0.2, -0.15) is 0 Å². The van der Waals surface area contributed by atoms with Crippen LogP contribution in [0.4, 0.5) is 0 Å². The number of nitrogens with two attached hydrogens (primary N) is 1. The molecule has 0 fully saturated rings. The zero-order chi connectivity index (χ0) is 13.7. The molecule has 5 heteroatoms. The summed E-state index contributed by atoms with van der Waals surface area (Å²) < 4.78 is 5.61. The number of carbonyl (C=O) groups excluding carboxylic acids is 1. The van der Waals surface area contributed by atoms with E-state index in [1.807, 2.05) is 20.8 Å². The highest BCUT2D eigenvalue weighted by atomic mass is 32.1. The van der Waals surface area contributed by atoms with Crippen molar-refractivity contribution in [1.29, 1.82) is 0 Å². The van der Waals surface area contributed by atoms with E-state index in [2.05, 4.69) is 11.1 Å². The van der Waals surface area contributed by atoms with Crippen molar-refractivity contribution in [2.24, 2.45) is 11.7 Å². The lowest BCUT2D eigenvalue weighted by atomic mass is 10.0. The normalized spacial score (nSPS) is 12.1. The van der Waals surface area contributed by atoms with E-state index in [0.717, 1.165) is 12.8 Å². The van der Waals surface area contributed by atoms with Crippen LogP contribution in [-0.4, -0.2) is 37.6 Å². The van der Waals surface area contributed by atoms with Crippen LogP contribution in [0.2, 0.25) is 0 Å². The lowest BCUT2D eigenvalue weighted by molar-refractivity contribution is -0.109. The molecule has 0 radical (unpaired) electrons. The van der Waals surface area contributed by atoms with Crippen molar-refractivity contribution in [2.75, 3.05) is 20.2 Å². The molecule has 17 heavy (non-hydrogen) atoms. The van der Waals surface area contributed by atoms with Gasteiger partial charge < -0.3 is 15.8 Å². The first-order valence-corrected chi connectivity index (χ1v) is 6.31. The molecule has 1 amide bonds. The molecule has 0 aromatic carbocycles. The minimum absolute atomic E-state index is 0.0902. The maximum Gasteiger partial charge on any atom is 0.207 e. The van der Waals surface area contributed by atoms with E-state index in [1.54, 1.807) is 5.37 Å². The first-order valence-electron chi connectivity index (χ1n) is 5.83. The Bertz CT molecular complexity index is 193. The molecule has 0 spiro atoms. The Kier molecular flexibility index (Phi) is 13.2. The highest BCUT2D eigenvalue weighted by Crippen LogP contribution is 2.11. The maximum atomic E-state index is 10.0. The Balaban J connectivity index is 0. The molecule has 0 aliphatic heterocycles. The van der Waals surface area contributed by atoms with Crippen molar-refractivity contribution < 1.29 is 9.53 Å². The molecule has 0 saturated heterocycles. The fraction of sp³-hybridized carbons (Fsp3) is 0.833. The van der Waals surface area contributed by atoms with Crippen LogP contribution < -0.4 is 11.1 Å². The first-order chi connectivity index (χ1) is 7.99. The predicted molar refractivity (Wildman–Crippen MR) is 76.3 cm³/mol. The Labute approximate surface area is 110 Å². The van der Waals surface area contributed by atoms with Gasteiger partial charge in [-0.3, -0.25) is 4.79 Å². The molecule has 0 bridgehead atoms. The van der Waals surface area contributed by atoms with Gasteiger partial charge >= 0.3 is 0 Å². The third kappa shape index (κ3) is 15.5. The molecule has 0 aliphatic carbocycles. The third-order valence-electron chi connectivity index (χ3n) is 1.96. The van der Waals surface area contributed by atoms with Crippen LogP contribution in [0.1, 0.15) is 33.6 Å². The van der Waals surface area contributed by atoms with Gasteiger partial charge in [-0.1, -0.05) is 12.2 Å². The van der Waals surface area contributed by atoms with Crippen molar-refractivity contribution in [3.05, 3.63) is 0 Å². The molecule has 0 rings (SSSR count). The van der Waals surface area contributed by atoms with Crippen LogP contribution in [0.3, 0.4) is 0 Å². The second-order valence-corrected chi connectivity index (χ2v) is 4.78. The minimum Gasteiger partial charge on any atom is -0.376 e. The lowest BCUT2D eigenvalue weighted by Crippen LogP contribution is -2.22. The molecule has 0 aromatic heterocycles. The summed E-state index contributed by atoms with van der Waals surface area (Å²) in [6.45, 7) is 7.49. The second kappa shape index (κ2) is 12.0. The molecular formula is C12H26N2O2S. The number of nitrogens with one attached hydrogen (secondary N) is 1. The van der Waals surface area contributed by atoms with Crippen molar-refractivity contribution in [1.82, 2.24) is 5.32 Å². The van der Waals surface area contributed by atoms with Crippen LogP contribution in [0, 0.1) is 5.92 Å². The average molecular weight is 262 g/mol. The molecule has 0 aromatic rings. The van der Waals surface area contributed by atoms with Crippen molar-refractivity contribution in [3.8, 4) is 0 Å². The van der Waals surface area contributed by atoms with E-state index >= 15 is 0 Å². The van der Waals surface area contributed by atoms with Crippen LogP contribution in [-0.2, 0) is 9.53 Å². The molecule has 0 saturated carbocycles. The van der Waals surface area contributed by atoms with Gasteiger partial charge in [0.2, 0.25) is 6.41 Å². The van der Waals surface area contributed by atoms with E-state index in [9.17, 15) is 4.79 Å². The van der Waals surface area contributed by atoms with Gasteiger partial charge in [0, 0.05) is 13.2 Å². The van der Waals surface area contributed by atoms with Gasteiger partial charge in [-0.05, 0) is 51.9 Å². The third-order valence-corrected chi connectivity index (χ3v) is 2.34. The van der Waals surface area contributed by atoms with Crippen LogP contribution in [0.15, 0.2) is 0 Å². The Hall–Kier alpha value is -0.520. The summed E-state index contributed by atoms with van der Waals surface area (Å²) >= 11 is 4.93. The topological polar surface area (TPSA) is 64.3 Å². The summed E-state index contributed by atoms with van der Waals surface area (Å²) in [5.41, 5.74) is 4.41. The van der Waals surface area contributed by atoms with Gasteiger partial charge in [0.05, 0.1) is 5.60 Å². The summed E-state index contributed by atoms with van der Waals surface area (Å²) in [6, 6.07) is 0. The maximum absolute atomic E-state index is 10.0. The Morgan fingerprint density at radius 2 is 1.94 bits per heavy atom. The highest BCUT2D eigenvalue weighted by molar-refractivity contribution is 7.79. The largest absolute Gasteiger partial charge is 0.376 e. The van der Waals surface area contributed by atoms with Crippen LogP contribution in [0.25, 0.3) is 0 Å². The van der Waals surface area contributed by atoms with Gasteiger partial charge in [0.15, 0.2) is 0 Å². The van der Waals surface area contributed by atoms with E-state index in [-0.39, 0.29) is 5.60 Å². The number of rotatable bonds is 8. The zero-order valence-corrected chi connectivity index (χ0v) is 12.2. The number of thiocarbonyl (C=S) groups is 1. The molecule has 1 atom stereocenters. The standard InChI is InChI=1S/C11H21NO2S.CH5N/c1-11(2,3)14-7-5-10(8-15)4-6-12-9-13;1-2/h8-10H,4-7H2,1-3H3,(H,12,13);2H2,1H3. The van der Waals surface area contributed by atoms with Gasteiger partial charge in [-0.15, -0.1) is 0 Å². The molecule has 1 unspecified atom stereocenters. The Morgan fingerprint density at radius 1 is 1.35 bits per heavy atom. The summed E-state index contributed by atoms with van der Waals surface area (Å²) in [5, 5.41) is 4.39. The number of hydrogen-bond acceptors (Lipinski definition) is 4. The lowest BCUT2D eigenvalue weighted by Gasteiger charge is -2.21. The molecule has 3 N–H and O–H groups in total. The molecule has 0 heterocycles. The summed E-state index contributed by atoms with van der Waals surface area (Å²) in [7, 11) is 1.50. The summed E-state index contributed by atoms with van der Waals surface area (Å²) in [6.07, 6.45) is 2.52. The van der Waals surface area contributed by atoms with Crippen LogP contribution in [0.5, 0.6) is 0 Å². The van der Waals surface area contributed by atoms with E-state index in [1.165, 1.54) is 7.05 Å². The number of hydrogen-bond donors (Lipinski definition) is 2. The first kappa shape index (κ1) is 18.8. The predicted octanol–water partition coefficient (Wildman–Crippen LogP) is 1.52. The van der Waals surface area contributed by atoms with Crippen molar-refractivity contribution in [3.63, 3.8) is 0 Å². The number of carbonyl (C=O) groups is 1. The monoisotopic (exact) mass is 262 g/mol. The quantitative estimate of drug-likeness (QED) is 0.395. The number of ether oxygens (including phenoxy) is 1. The molecule has 4 nitrogen and oxygen atoms in total. The SMILES string of the molecule is CC(C)(C)OCCC(C=S)CCNC=O.CN. The molecule has 0 aliphatic rings. The van der Waals surface area contributed by atoms with Gasteiger partial charge in [0.25, 0.3) is 0 Å². The van der Waals surface area contributed by atoms with E-state index in [0.29, 0.717) is 25.5 Å². The fourth-order valence-electron chi connectivity index (χ4n) is 1.12. The van der Waals surface area contributed by atoms with Crippen molar-refractivity contribution in [2.45, 2.75) is 39.2 Å². The van der Waals surface area contributed by atoms with E-state index < -0.39 is 0 Å². The average Bonchev–Trinajstić information content (AvgIpc) is 2.28. The van der Waals surface area contributed by atoms with E-state index in [4.69, 9.17) is 17.0 Å². The highest BCUT2D eigenvalue weighted by Gasteiger charge is 2.11. The smallest absolute Gasteiger partial charge is 0.207 e. The zero-order valence-electron chi connectivity index (χ0n) is 11.4. The van der Waals surface area contributed by atoms with Gasteiger partial charge in [0.1, 0.15) is 0 Å². The molecule has 102 valence electrons. The molecular weight excluding hydrogens is 236 g/mol. The second-order valence-electron chi connectivity index (χ2n) is 4.51. The minimum atomic E-state index is -0.0902. The van der Waals surface area contributed by atoms with Gasteiger partial charge in [-0.25, -0.2) is 0 Å². The van der Waals surface area contributed by atoms with Crippen LogP contribution >= 0.6 is 12.2 Å². The summed E-state index contributed by atoms with van der Waals surface area (Å²) in [5.74, 6) is 0.342. The fourth-order valence-corrected chi connectivity index (χ4v) is 1.40. The summed E-state index contributed by atoms with van der Waals surface area (Å²) in [4.78, 5) is 10.0. The number of amides is 1. The Morgan fingerprint density at radius 3 is 2.35 bits per heavy atom. The van der Waals surface area contributed by atoms with Crippen molar-refractivity contribution >= 4 is 24.0 Å².